The average Bonchev–Trinajstić information content (AvgIpc) is 2.77. The molecular formula is C26H28P2. The van der Waals surface area contributed by atoms with Crippen molar-refractivity contribution in [2.75, 3.05) is 12.3 Å². The van der Waals surface area contributed by atoms with E-state index in [1.54, 1.807) is 0 Å². The molecule has 0 aliphatic rings. The molecule has 2 heteroatoms. The average molecular weight is 402 g/mol. The van der Waals surface area contributed by atoms with Gasteiger partial charge in [0.25, 0.3) is 0 Å². The molecule has 142 valence electrons. The van der Waals surface area contributed by atoms with Crippen LogP contribution in [-0.2, 0) is 0 Å². The van der Waals surface area contributed by atoms with Crippen LogP contribution in [-0.4, -0.2) is 12.3 Å². The first-order valence-corrected chi connectivity index (χ1v) is 12.9. The third-order valence-electron chi connectivity index (χ3n) is 4.70. The molecule has 0 saturated carbocycles. The zero-order valence-corrected chi connectivity index (χ0v) is 18.5. The third kappa shape index (κ3) is 5.51. The standard InChI is InChI=1S/C26H28P2/c1-3-14-23(4-2)27(24-15-8-5-9-16-24)21-22-28(25-17-10-6-11-18-25)26-19-12-7-13-20-26/h3-20H,21-22H2,1-2H3/b14-3-,23-4+. The van der Waals surface area contributed by atoms with E-state index >= 15 is 0 Å². The Morgan fingerprint density at radius 1 is 0.643 bits per heavy atom. The summed E-state index contributed by atoms with van der Waals surface area (Å²) in [5, 5.41) is 5.89. The van der Waals surface area contributed by atoms with Crippen LogP contribution in [0.25, 0.3) is 0 Å². The minimum Gasteiger partial charge on any atom is -0.0870 e. The molecule has 0 amide bonds. The molecule has 0 radical (unpaired) electrons. The van der Waals surface area contributed by atoms with Crippen molar-refractivity contribution in [2.45, 2.75) is 13.8 Å². The number of hydrogen-bond donors (Lipinski definition) is 0. The van der Waals surface area contributed by atoms with Gasteiger partial charge in [0.15, 0.2) is 0 Å². The maximum absolute atomic E-state index is 2.30. The zero-order valence-electron chi connectivity index (χ0n) is 16.7. The van der Waals surface area contributed by atoms with E-state index in [1.807, 2.05) is 0 Å². The second kappa shape index (κ2) is 11.1. The molecule has 0 spiro atoms. The van der Waals surface area contributed by atoms with Gasteiger partial charge in [0.1, 0.15) is 0 Å². The zero-order chi connectivity index (χ0) is 19.6. The Morgan fingerprint density at radius 3 is 1.54 bits per heavy atom. The molecule has 0 fully saturated rings. The van der Waals surface area contributed by atoms with Gasteiger partial charge in [0, 0.05) is 0 Å². The molecular weight excluding hydrogens is 374 g/mol. The van der Waals surface area contributed by atoms with E-state index in [0.717, 1.165) is 0 Å². The molecule has 0 heterocycles. The van der Waals surface area contributed by atoms with Crippen LogP contribution in [0.1, 0.15) is 13.8 Å². The van der Waals surface area contributed by atoms with Crippen molar-refractivity contribution in [1.29, 1.82) is 0 Å². The fraction of sp³-hybridized carbons (Fsp3) is 0.154. The number of benzene rings is 3. The summed E-state index contributed by atoms with van der Waals surface area (Å²) in [6.07, 6.45) is 9.18. The van der Waals surface area contributed by atoms with Crippen molar-refractivity contribution in [3.05, 3.63) is 115 Å². The van der Waals surface area contributed by atoms with Gasteiger partial charge in [-0.1, -0.05) is 109 Å². The van der Waals surface area contributed by atoms with Crippen molar-refractivity contribution < 1.29 is 0 Å². The van der Waals surface area contributed by atoms with Crippen LogP contribution in [0.15, 0.2) is 115 Å². The summed E-state index contributed by atoms with van der Waals surface area (Å²) < 4.78 is 0. The van der Waals surface area contributed by atoms with E-state index < -0.39 is 0 Å². The second-order valence-corrected chi connectivity index (χ2v) is 11.2. The number of allylic oxidation sites excluding steroid dienone is 4. The van der Waals surface area contributed by atoms with Gasteiger partial charge in [0.05, 0.1) is 0 Å². The summed E-state index contributed by atoms with van der Waals surface area (Å²) in [7, 11) is -0.696. The smallest absolute Gasteiger partial charge is 0.0195 e. The molecule has 3 aromatic rings. The van der Waals surface area contributed by atoms with Crippen molar-refractivity contribution in [2.24, 2.45) is 0 Å². The molecule has 0 bridgehead atoms. The van der Waals surface area contributed by atoms with Crippen LogP contribution >= 0.6 is 15.8 Å². The lowest BCUT2D eigenvalue weighted by atomic mass is 10.4. The summed E-state index contributed by atoms with van der Waals surface area (Å²) in [4.78, 5) is 0. The molecule has 3 rings (SSSR count). The van der Waals surface area contributed by atoms with E-state index in [2.05, 4.69) is 123 Å². The Labute approximate surface area is 172 Å². The van der Waals surface area contributed by atoms with Gasteiger partial charge < -0.3 is 0 Å². The highest BCUT2D eigenvalue weighted by Gasteiger charge is 2.19. The molecule has 28 heavy (non-hydrogen) atoms. The van der Waals surface area contributed by atoms with Crippen LogP contribution in [0.2, 0.25) is 0 Å². The molecule has 1 unspecified atom stereocenters. The molecule has 0 saturated heterocycles. The monoisotopic (exact) mass is 402 g/mol. The fourth-order valence-corrected chi connectivity index (χ4v) is 8.82. The molecule has 0 N–H and O–H groups in total. The van der Waals surface area contributed by atoms with Gasteiger partial charge in [-0.2, -0.15) is 0 Å². The SMILES string of the molecule is C/C=C\C(=C/C)P(CCP(c1ccccc1)c1ccccc1)c1ccccc1. The Balaban J connectivity index is 1.90. The van der Waals surface area contributed by atoms with E-state index in [-0.39, 0.29) is 15.8 Å². The Hall–Kier alpha value is -2.00. The van der Waals surface area contributed by atoms with E-state index in [9.17, 15) is 0 Å². The summed E-state index contributed by atoms with van der Waals surface area (Å²) in [5.41, 5.74) is 0. The van der Waals surface area contributed by atoms with E-state index in [4.69, 9.17) is 0 Å². The highest BCUT2D eigenvalue weighted by Crippen LogP contribution is 2.47. The quantitative estimate of drug-likeness (QED) is 0.302. The first kappa shape index (κ1) is 20.7. The number of rotatable bonds is 8. The highest BCUT2D eigenvalue weighted by molar-refractivity contribution is 7.75. The van der Waals surface area contributed by atoms with Gasteiger partial charge in [0.2, 0.25) is 0 Å². The molecule has 0 aromatic heterocycles. The predicted octanol–water partition coefficient (Wildman–Crippen LogP) is 6.41. The molecule has 0 aliphatic carbocycles. The van der Waals surface area contributed by atoms with Crippen LogP contribution in [0.3, 0.4) is 0 Å². The minimum absolute atomic E-state index is 0.348. The second-order valence-electron chi connectivity index (χ2n) is 6.52. The van der Waals surface area contributed by atoms with Crippen LogP contribution in [0, 0.1) is 0 Å². The summed E-state index contributed by atoms with van der Waals surface area (Å²) >= 11 is 0. The third-order valence-corrected chi connectivity index (χ3v) is 10.2. The van der Waals surface area contributed by atoms with Crippen LogP contribution in [0.5, 0.6) is 0 Å². The van der Waals surface area contributed by atoms with Gasteiger partial charge >= 0.3 is 0 Å². The fourth-order valence-electron chi connectivity index (χ4n) is 3.35. The molecule has 3 aromatic carbocycles. The first-order chi connectivity index (χ1) is 13.8. The summed E-state index contributed by atoms with van der Waals surface area (Å²) in [6.45, 7) is 4.29. The predicted molar refractivity (Wildman–Crippen MR) is 130 cm³/mol. The van der Waals surface area contributed by atoms with Crippen molar-refractivity contribution in [3.63, 3.8) is 0 Å². The highest BCUT2D eigenvalue weighted by atomic mass is 31.1. The Bertz CT molecular complexity index is 844. The number of hydrogen-bond acceptors (Lipinski definition) is 0. The molecule has 0 aliphatic heterocycles. The summed E-state index contributed by atoms with van der Waals surface area (Å²) in [6, 6.07) is 33.2. The van der Waals surface area contributed by atoms with Crippen LogP contribution < -0.4 is 15.9 Å². The van der Waals surface area contributed by atoms with Gasteiger partial charge in [-0.25, -0.2) is 0 Å². The Morgan fingerprint density at radius 2 is 1.11 bits per heavy atom. The van der Waals surface area contributed by atoms with Gasteiger partial charge in [-0.15, -0.1) is 0 Å². The lowest BCUT2D eigenvalue weighted by Gasteiger charge is -2.24. The first-order valence-electron chi connectivity index (χ1n) is 9.82. The molecule has 0 nitrogen and oxygen atoms in total. The van der Waals surface area contributed by atoms with E-state index in [1.165, 1.54) is 33.6 Å². The molecule has 1 atom stereocenters. The normalized spacial score (nSPS) is 13.2. The minimum atomic E-state index is -0.348. The van der Waals surface area contributed by atoms with E-state index in [0.29, 0.717) is 0 Å². The summed E-state index contributed by atoms with van der Waals surface area (Å²) in [5.74, 6) is 0. The van der Waals surface area contributed by atoms with Gasteiger partial charge in [-0.05, 0) is 63.2 Å². The largest absolute Gasteiger partial charge is 0.0870 e. The maximum Gasteiger partial charge on any atom is -0.0195 e. The van der Waals surface area contributed by atoms with Crippen molar-refractivity contribution in [1.82, 2.24) is 0 Å². The lowest BCUT2D eigenvalue weighted by Crippen LogP contribution is -2.16. The maximum atomic E-state index is 2.30. The Kier molecular flexibility index (Phi) is 8.23. The van der Waals surface area contributed by atoms with Gasteiger partial charge in [-0.3, -0.25) is 0 Å². The topological polar surface area (TPSA) is 0 Å². The van der Waals surface area contributed by atoms with Crippen LogP contribution in [0.4, 0.5) is 0 Å². The van der Waals surface area contributed by atoms with Crippen molar-refractivity contribution in [3.8, 4) is 0 Å². The lowest BCUT2D eigenvalue weighted by molar-refractivity contribution is 1.49. The van der Waals surface area contributed by atoms with Crippen molar-refractivity contribution >= 4 is 31.8 Å².